The van der Waals surface area contributed by atoms with E-state index in [9.17, 15) is 4.79 Å². The van der Waals surface area contributed by atoms with Crippen molar-refractivity contribution >= 4 is 22.5 Å². The molecular weight excluding hydrogens is 284 g/mol. The Bertz CT molecular complexity index is 544. The van der Waals surface area contributed by atoms with E-state index in [1.807, 2.05) is 4.90 Å². The summed E-state index contributed by atoms with van der Waals surface area (Å²) in [6.45, 7) is 8.17. The molecule has 0 aliphatic carbocycles. The fourth-order valence-electron chi connectivity index (χ4n) is 3.58. The maximum Gasteiger partial charge on any atom is 0.323 e. The molecule has 0 bridgehead atoms. The summed E-state index contributed by atoms with van der Waals surface area (Å²) < 4.78 is 0. The van der Waals surface area contributed by atoms with Gasteiger partial charge in [0, 0.05) is 29.9 Å². The Kier molecular flexibility index (Phi) is 3.92. The predicted octanol–water partition coefficient (Wildman–Crippen LogP) is 2.57. The molecule has 1 aromatic heterocycles. The third-order valence-corrected chi connectivity index (χ3v) is 5.72. The van der Waals surface area contributed by atoms with Crippen molar-refractivity contribution in [2.45, 2.75) is 33.1 Å². The minimum absolute atomic E-state index is 0.0119. The van der Waals surface area contributed by atoms with Gasteiger partial charge in [0.25, 0.3) is 0 Å². The van der Waals surface area contributed by atoms with Crippen molar-refractivity contribution in [1.29, 1.82) is 0 Å². The van der Waals surface area contributed by atoms with Crippen LogP contribution in [0.3, 0.4) is 0 Å². The van der Waals surface area contributed by atoms with E-state index in [0.717, 1.165) is 49.8 Å². The Morgan fingerprint density at radius 3 is 2.76 bits per heavy atom. The van der Waals surface area contributed by atoms with Gasteiger partial charge in [-0.2, -0.15) is 0 Å². The van der Waals surface area contributed by atoms with Crippen LogP contribution < -0.4 is 5.32 Å². The fourth-order valence-corrected chi connectivity index (χ4v) is 4.47. The third-order valence-electron chi connectivity index (χ3n) is 4.80. The number of nitrogens with one attached hydrogen (secondary N) is 1. The number of nitrogens with zero attached hydrogens (tertiary/aromatic N) is 3. The predicted molar refractivity (Wildman–Crippen MR) is 86.0 cm³/mol. The largest absolute Gasteiger partial charge is 0.324 e. The maximum absolute atomic E-state index is 12.4. The van der Waals surface area contributed by atoms with Gasteiger partial charge in [0.15, 0.2) is 5.13 Å². The van der Waals surface area contributed by atoms with Crippen molar-refractivity contribution in [1.82, 2.24) is 14.8 Å². The first-order chi connectivity index (χ1) is 10.0. The molecule has 0 radical (unpaired) electrons. The lowest BCUT2D eigenvalue weighted by atomic mass is 9.86. The number of thiazole rings is 1. The molecule has 1 aromatic rings. The number of amides is 2. The quantitative estimate of drug-likeness (QED) is 0.913. The standard InChI is InChI=1S/C15H24N4OS/c1-4-12-11(2)21-13(16-12)17-14(20)19-8-6-15(10-19)5-7-18(3)9-15/h4-10H2,1-3H3,(H,16,17,20). The van der Waals surface area contributed by atoms with Crippen LogP contribution in [0.25, 0.3) is 0 Å². The Balaban J connectivity index is 1.61. The van der Waals surface area contributed by atoms with Crippen molar-refractivity contribution in [2.75, 3.05) is 38.5 Å². The van der Waals surface area contributed by atoms with Gasteiger partial charge in [-0.15, -0.1) is 11.3 Å². The molecule has 2 aliphatic rings. The molecule has 5 nitrogen and oxygen atoms in total. The number of urea groups is 1. The summed E-state index contributed by atoms with van der Waals surface area (Å²) in [5.41, 5.74) is 1.42. The smallest absolute Gasteiger partial charge is 0.323 e. The van der Waals surface area contributed by atoms with Gasteiger partial charge in [0.05, 0.1) is 5.69 Å². The number of rotatable bonds is 2. The van der Waals surface area contributed by atoms with Crippen LogP contribution >= 0.6 is 11.3 Å². The number of hydrogen-bond donors (Lipinski definition) is 1. The first kappa shape index (κ1) is 14.8. The first-order valence-corrected chi connectivity index (χ1v) is 8.54. The number of aryl methyl sites for hydroxylation is 2. The highest BCUT2D eigenvalue weighted by molar-refractivity contribution is 7.15. The Morgan fingerprint density at radius 1 is 1.38 bits per heavy atom. The molecule has 0 aromatic carbocycles. The van der Waals surface area contributed by atoms with Crippen LogP contribution in [0.2, 0.25) is 0 Å². The lowest BCUT2D eigenvalue weighted by Crippen LogP contribution is -2.36. The lowest BCUT2D eigenvalue weighted by Gasteiger charge is -2.23. The van der Waals surface area contributed by atoms with Crippen molar-refractivity contribution in [3.8, 4) is 0 Å². The van der Waals surface area contributed by atoms with Gasteiger partial charge in [-0.25, -0.2) is 9.78 Å². The minimum Gasteiger partial charge on any atom is -0.324 e. The van der Waals surface area contributed by atoms with Gasteiger partial charge in [-0.05, 0) is 39.8 Å². The van der Waals surface area contributed by atoms with Crippen LogP contribution in [0.15, 0.2) is 0 Å². The molecule has 2 amide bonds. The molecular formula is C15H24N4OS. The molecule has 1 atom stereocenters. The van der Waals surface area contributed by atoms with Crippen molar-refractivity contribution in [3.05, 3.63) is 10.6 Å². The normalized spacial score (nSPS) is 26.0. The Labute approximate surface area is 130 Å². The maximum atomic E-state index is 12.4. The Morgan fingerprint density at radius 2 is 2.14 bits per heavy atom. The molecule has 0 saturated carbocycles. The van der Waals surface area contributed by atoms with Crippen LogP contribution in [0.5, 0.6) is 0 Å². The van der Waals surface area contributed by atoms with Crippen LogP contribution in [0, 0.1) is 12.3 Å². The SMILES string of the molecule is CCc1nc(NC(=O)N2CCC3(CCN(C)C3)C2)sc1C. The lowest BCUT2D eigenvalue weighted by molar-refractivity contribution is 0.212. The highest BCUT2D eigenvalue weighted by Crippen LogP contribution is 2.39. The number of carbonyl (C=O) groups is 1. The zero-order valence-electron chi connectivity index (χ0n) is 13.1. The van der Waals surface area contributed by atoms with Gasteiger partial charge in [0.1, 0.15) is 0 Å². The Hall–Kier alpha value is -1.14. The second kappa shape index (κ2) is 5.57. The number of hydrogen-bond acceptors (Lipinski definition) is 4. The molecule has 3 heterocycles. The minimum atomic E-state index is 0.0119. The summed E-state index contributed by atoms with van der Waals surface area (Å²) in [4.78, 5) is 22.4. The zero-order valence-corrected chi connectivity index (χ0v) is 13.9. The number of likely N-dealkylation sites (tertiary alicyclic amines) is 2. The van der Waals surface area contributed by atoms with E-state index in [0.29, 0.717) is 5.41 Å². The number of anilines is 1. The van der Waals surface area contributed by atoms with E-state index in [2.05, 4.69) is 36.1 Å². The number of carbonyl (C=O) groups excluding carboxylic acids is 1. The van der Waals surface area contributed by atoms with E-state index in [1.165, 1.54) is 11.3 Å². The summed E-state index contributed by atoms with van der Waals surface area (Å²) in [6, 6.07) is 0.0119. The zero-order chi connectivity index (χ0) is 15.0. The molecule has 1 unspecified atom stereocenters. The second-order valence-electron chi connectivity index (χ2n) is 6.46. The summed E-state index contributed by atoms with van der Waals surface area (Å²) in [6.07, 6.45) is 3.25. The second-order valence-corrected chi connectivity index (χ2v) is 7.67. The topological polar surface area (TPSA) is 48.5 Å². The molecule has 116 valence electrons. The van der Waals surface area contributed by atoms with E-state index in [1.54, 1.807) is 11.3 Å². The van der Waals surface area contributed by atoms with E-state index < -0.39 is 0 Å². The molecule has 3 rings (SSSR count). The van der Waals surface area contributed by atoms with Crippen molar-refractivity contribution < 1.29 is 4.79 Å². The van der Waals surface area contributed by atoms with Gasteiger partial charge in [-0.3, -0.25) is 5.32 Å². The highest BCUT2D eigenvalue weighted by atomic mass is 32.1. The molecule has 21 heavy (non-hydrogen) atoms. The molecule has 6 heteroatoms. The average Bonchev–Trinajstić information content (AvgIpc) is 3.11. The molecule has 2 fully saturated rings. The van der Waals surface area contributed by atoms with Gasteiger partial charge < -0.3 is 9.80 Å². The fraction of sp³-hybridized carbons (Fsp3) is 0.733. The van der Waals surface area contributed by atoms with Crippen LogP contribution in [-0.4, -0.2) is 54.0 Å². The first-order valence-electron chi connectivity index (χ1n) is 7.72. The molecule has 1 spiro atoms. The van der Waals surface area contributed by atoms with E-state index >= 15 is 0 Å². The summed E-state index contributed by atoms with van der Waals surface area (Å²) in [7, 11) is 2.17. The summed E-state index contributed by atoms with van der Waals surface area (Å²) in [5, 5.41) is 3.71. The van der Waals surface area contributed by atoms with Crippen LogP contribution in [0.4, 0.5) is 9.93 Å². The van der Waals surface area contributed by atoms with Crippen molar-refractivity contribution in [2.24, 2.45) is 5.41 Å². The van der Waals surface area contributed by atoms with E-state index in [-0.39, 0.29) is 6.03 Å². The average molecular weight is 308 g/mol. The molecule has 1 N–H and O–H groups in total. The summed E-state index contributed by atoms with van der Waals surface area (Å²) in [5.74, 6) is 0. The number of aromatic nitrogens is 1. The van der Waals surface area contributed by atoms with E-state index in [4.69, 9.17) is 0 Å². The highest BCUT2D eigenvalue weighted by Gasteiger charge is 2.43. The third kappa shape index (κ3) is 2.92. The molecule has 2 aliphatic heterocycles. The van der Waals surface area contributed by atoms with Gasteiger partial charge >= 0.3 is 6.03 Å². The molecule has 2 saturated heterocycles. The van der Waals surface area contributed by atoms with Crippen LogP contribution in [0.1, 0.15) is 30.3 Å². The van der Waals surface area contributed by atoms with Gasteiger partial charge in [-0.1, -0.05) is 6.92 Å². The van der Waals surface area contributed by atoms with Crippen molar-refractivity contribution in [3.63, 3.8) is 0 Å². The summed E-state index contributed by atoms with van der Waals surface area (Å²) >= 11 is 1.57. The monoisotopic (exact) mass is 308 g/mol. The van der Waals surface area contributed by atoms with Crippen LogP contribution in [-0.2, 0) is 6.42 Å². The van der Waals surface area contributed by atoms with Gasteiger partial charge in [0.2, 0.25) is 0 Å².